The lowest BCUT2D eigenvalue weighted by Gasteiger charge is -2.38. The number of sulfonamides is 1. The molecule has 1 aliphatic carbocycles. The summed E-state index contributed by atoms with van der Waals surface area (Å²) in [5.74, 6) is -0.0788. The molecule has 206 valence electrons. The highest BCUT2D eigenvalue weighted by molar-refractivity contribution is 7.89. The van der Waals surface area contributed by atoms with Crippen LogP contribution in [0.5, 0.6) is 11.5 Å². The summed E-state index contributed by atoms with van der Waals surface area (Å²) in [5.41, 5.74) is 0.612. The first-order valence-electron chi connectivity index (χ1n) is 12.7. The van der Waals surface area contributed by atoms with Crippen molar-refractivity contribution in [2.75, 3.05) is 39.2 Å². The topological polar surface area (TPSA) is 125 Å². The molecule has 2 aromatic carbocycles. The fourth-order valence-electron chi connectivity index (χ4n) is 4.42. The number of ether oxygens (including phenoxy) is 2. The number of rotatable bonds is 9. The third-order valence-electron chi connectivity index (χ3n) is 7.10. The molecule has 3 atom stereocenters. The fraction of sp³-hybridized carbons (Fsp3) is 0.481. The van der Waals surface area contributed by atoms with Gasteiger partial charge in [-0.05, 0) is 56.2 Å². The number of fused-ring (bicyclic) bond motifs is 1. The van der Waals surface area contributed by atoms with Gasteiger partial charge in [-0.25, -0.2) is 8.42 Å². The standard InChI is InChI=1S/C27H35N3O7S/c1-17-14-30(18(2)16-31)27(33)22-6-5-7-23(28-26(32)19-8-9-19)25(22)37-24(17)15-29(3)38(34,35)21-12-10-20(36-4)11-13-21/h5-7,10-13,17-19,24,31H,8-9,14-16H2,1-4H3,(H,28,32)/t17-,18-,24+/m0/s1. The van der Waals surface area contributed by atoms with E-state index in [0.29, 0.717) is 11.4 Å². The lowest BCUT2D eigenvalue weighted by atomic mass is 9.99. The number of carbonyl (C=O) groups excluding carboxylic acids is 2. The van der Waals surface area contributed by atoms with Gasteiger partial charge in [0.2, 0.25) is 15.9 Å². The molecule has 2 aromatic rings. The number of methoxy groups -OCH3 is 1. The van der Waals surface area contributed by atoms with Crippen LogP contribution >= 0.6 is 0 Å². The first-order valence-corrected chi connectivity index (χ1v) is 14.1. The van der Waals surface area contributed by atoms with Gasteiger partial charge in [-0.15, -0.1) is 0 Å². The molecule has 11 heteroatoms. The summed E-state index contributed by atoms with van der Waals surface area (Å²) in [6.45, 7) is 3.64. The lowest BCUT2D eigenvalue weighted by molar-refractivity contribution is -0.117. The second-order valence-corrected chi connectivity index (χ2v) is 12.1. The van der Waals surface area contributed by atoms with E-state index in [1.165, 1.54) is 30.6 Å². The summed E-state index contributed by atoms with van der Waals surface area (Å²) >= 11 is 0. The number of para-hydroxylation sites is 1. The lowest BCUT2D eigenvalue weighted by Crippen LogP contribution is -2.50. The second-order valence-electron chi connectivity index (χ2n) is 10.0. The van der Waals surface area contributed by atoms with Gasteiger partial charge in [0.25, 0.3) is 5.91 Å². The van der Waals surface area contributed by atoms with E-state index >= 15 is 0 Å². The smallest absolute Gasteiger partial charge is 0.258 e. The Balaban J connectivity index is 1.68. The van der Waals surface area contributed by atoms with Crippen LogP contribution in [-0.4, -0.2) is 80.5 Å². The Hall–Kier alpha value is -3.15. The molecule has 2 N–H and O–H groups in total. The van der Waals surface area contributed by atoms with E-state index in [4.69, 9.17) is 9.47 Å². The molecule has 0 bridgehead atoms. The Morgan fingerprint density at radius 2 is 1.92 bits per heavy atom. The molecular formula is C27H35N3O7S. The Morgan fingerprint density at radius 3 is 2.53 bits per heavy atom. The summed E-state index contributed by atoms with van der Waals surface area (Å²) < 4.78 is 39.5. The van der Waals surface area contributed by atoms with Crippen LogP contribution in [0.3, 0.4) is 0 Å². The number of benzene rings is 2. The summed E-state index contributed by atoms with van der Waals surface area (Å²) in [5, 5.41) is 12.7. The molecule has 1 saturated carbocycles. The average Bonchev–Trinajstić information content (AvgIpc) is 3.76. The number of anilines is 1. The zero-order chi connectivity index (χ0) is 27.6. The normalized spacial score (nSPS) is 20.7. The summed E-state index contributed by atoms with van der Waals surface area (Å²) in [6.07, 6.45) is 0.971. The molecule has 0 spiro atoms. The summed E-state index contributed by atoms with van der Waals surface area (Å²) in [7, 11) is -0.866. The van der Waals surface area contributed by atoms with Gasteiger partial charge in [0.1, 0.15) is 11.9 Å². The Bertz CT molecular complexity index is 1280. The molecule has 0 aromatic heterocycles. The highest BCUT2D eigenvalue weighted by Gasteiger charge is 2.37. The number of nitrogens with one attached hydrogen (secondary N) is 1. The summed E-state index contributed by atoms with van der Waals surface area (Å²) in [6, 6.07) is 10.6. The Morgan fingerprint density at radius 1 is 1.24 bits per heavy atom. The van der Waals surface area contributed by atoms with E-state index in [1.54, 1.807) is 42.2 Å². The SMILES string of the molecule is COc1ccc(S(=O)(=O)N(C)C[C@H]2Oc3c(NC(=O)C4CC4)cccc3C(=O)N([C@@H](C)CO)C[C@@H]2C)cc1. The van der Waals surface area contributed by atoms with Crippen molar-refractivity contribution in [3.63, 3.8) is 0 Å². The molecule has 2 aliphatic rings. The minimum absolute atomic E-state index is 0.00455. The van der Waals surface area contributed by atoms with Crippen molar-refractivity contribution in [1.29, 1.82) is 0 Å². The molecule has 4 rings (SSSR count). The molecule has 1 aliphatic heterocycles. The van der Waals surface area contributed by atoms with Gasteiger partial charge in [0, 0.05) is 25.4 Å². The van der Waals surface area contributed by atoms with Gasteiger partial charge in [-0.2, -0.15) is 4.31 Å². The predicted molar refractivity (Wildman–Crippen MR) is 142 cm³/mol. The third kappa shape index (κ3) is 5.79. The van der Waals surface area contributed by atoms with E-state index in [-0.39, 0.29) is 59.6 Å². The number of hydrogen-bond acceptors (Lipinski definition) is 7. The van der Waals surface area contributed by atoms with Gasteiger partial charge in [0.15, 0.2) is 5.75 Å². The van der Waals surface area contributed by atoms with Gasteiger partial charge in [-0.3, -0.25) is 9.59 Å². The number of likely N-dealkylation sites (N-methyl/N-ethyl adjacent to an activating group) is 1. The quantitative estimate of drug-likeness (QED) is 0.496. The molecule has 1 heterocycles. The number of amides is 2. The van der Waals surface area contributed by atoms with Gasteiger partial charge in [-0.1, -0.05) is 13.0 Å². The first-order chi connectivity index (χ1) is 18.1. The van der Waals surface area contributed by atoms with Crippen LogP contribution in [0, 0.1) is 11.8 Å². The Labute approximate surface area is 223 Å². The largest absolute Gasteiger partial charge is 0.497 e. The van der Waals surface area contributed by atoms with E-state index in [1.807, 2.05) is 6.92 Å². The van der Waals surface area contributed by atoms with Crippen LogP contribution in [0.25, 0.3) is 0 Å². The van der Waals surface area contributed by atoms with Crippen molar-refractivity contribution in [3.05, 3.63) is 48.0 Å². The van der Waals surface area contributed by atoms with E-state index < -0.39 is 22.2 Å². The van der Waals surface area contributed by atoms with Crippen molar-refractivity contribution in [2.45, 2.75) is 43.7 Å². The first kappa shape index (κ1) is 27.9. The predicted octanol–water partition coefficient (Wildman–Crippen LogP) is 2.58. The monoisotopic (exact) mass is 545 g/mol. The van der Waals surface area contributed by atoms with Gasteiger partial charge in [0.05, 0.1) is 42.4 Å². The van der Waals surface area contributed by atoms with Crippen molar-refractivity contribution in [1.82, 2.24) is 9.21 Å². The van der Waals surface area contributed by atoms with E-state index in [2.05, 4.69) is 5.32 Å². The molecule has 38 heavy (non-hydrogen) atoms. The minimum atomic E-state index is -3.86. The van der Waals surface area contributed by atoms with Crippen LogP contribution in [-0.2, 0) is 14.8 Å². The number of hydrogen-bond donors (Lipinski definition) is 2. The zero-order valence-corrected chi connectivity index (χ0v) is 22.9. The Kier molecular flexibility index (Phi) is 8.29. The summed E-state index contributed by atoms with van der Waals surface area (Å²) in [4.78, 5) is 27.8. The van der Waals surface area contributed by atoms with Crippen LogP contribution in [0.15, 0.2) is 47.4 Å². The maximum Gasteiger partial charge on any atom is 0.258 e. The van der Waals surface area contributed by atoms with Crippen molar-refractivity contribution in [2.24, 2.45) is 11.8 Å². The molecule has 0 saturated heterocycles. The molecule has 0 radical (unpaired) electrons. The molecular weight excluding hydrogens is 510 g/mol. The molecule has 10 nitrogen and oxygen atoms in total. The van der Waals surface area contributed by atoms with Crippen LogP contribution in [0.4, 0.5) is 5.69 Å². The fourth-order valence-corrected chi connectivity index (χ4v) is 5.60. The van der Waals surface area contributed by atoms with Crippen LogP contribution in [0.2, 0.25) is 0 Å². The highest BCUT2D eigenvalue weighted by atomic mass is 32.2. The minimum Gasteiger partial charge on any atom is -0.497 e. The van der Waals surface area contributed by atoms with Gasteiger partial charge < -0.3 is 24.8 Å². The van der Waals surface area contributed by atoms with Crippen molar-refractivity contribution in [3.8, 4) is 11.5 Å². The van der Waals surface area contributed by atoms with Crippen molar-refractivity contribution >= 4 is 27.5 Å². The maximum absolute atomic E-state index is 13.6. The van der Waals surface area contributed by atoms with Crippen LogP contribution < -0.4 is 14.8 Å². The number of nitrogens with zero attached hydrogens (tertiary/aromatic N) is 2. The zero-order valence-electron chi connectivity index (χ0n) is 22.1. The van der Waals surface area contributed by atoms with Gasteiger partial charge >= 0.3 is 0 Å². The number of carbonyl (C=O) groups is 2. The molecule has 1 fully saturated rings. The van der Waals surface area contributed by atoms with Crippen LogP contribution in [0.1, 0.15) is 37.0 Å². The maximum atomic E-state index is 13.6. The molecule has 0 unspecified atom stereocenters. The number of aliphatic hydroxyl groups excluding tert-OH is 1. The second kappa shape index (κ2) is 11.3. The average molecular weight is 546 g/mol. The number of aliphatic hydroxyl groups is 1. The van der Waals surface area contributed by atoms with Crippen molar-refractivity contribution < 1.29 is 32.6 Å². The third-order valence-corrected chi connectivity index (χ3v) is 8.94. The van der Waals surface area contributed by atoms with E-state index in [0.717, 1.165) is 12.8 Å². The molecule has 2 amide bonds. The van der Waals surface area contributed by atoms with E-state index in [9.17, 15) is 23.1 Å². The highest BCUT2D eigenvalue weighted by Crippen LogP contribution is 2.37.